The molecule has 0 aromatic heterocycles. The van der Waals surface area contributed by atoms with Crippen LogP contribution in [-0.4, -0.2) is 18.5 Å². The van der Waals surface area contributed by atoms with Crippen LogP contribution in [0.4, 0.5) is 0 Å². The second kappa shape index (κ2) is 9.88. The predicted molar refractivity (Wildman–Crippen MR) is 136 cm³/mol. The molecule has 0 bridgehead atoms. The highest BCUT2D eigenvalue weighted by Crippen LogP contribution is 2.52. The topological polar surface area (TPSA) is 3.24 Å². The van der Waals surface area contributed by atoms with Gasteiger partial charge in [0.2, 0.25) is 0 Å². The monoisotopic (exact) mass is 531 g/mol. The van der Waals surface area contributed by atoms with Crippen LogP contribution in [0.25, 0.3) is 0 Å². The SMILES string of the molecule is CN(CCCc1c(C2(Br)CCCC2)cccc1C1(Br)CCCC1)Cc1ccccc1. The molecule has 0 spiro atoms. The molecule has 0 amide bonds. The third kappa shape index (κ3) is 5.05. The molecule has 2 aromatic carbocycles. The lowest BCUT2D eigenvalue weighted by molar-refractivity contribution is 0.322. The van der Waals surface area contributed by atoms with E-state index in [-0.39, 0.29) is 8.65 Å². The van der Waals surface area contributed by atoms with Gasteiger partial charge >= 0.3 is 0 Å². The normalized spacial score (nSPS) is 20.1. The molecule has 0 saturated heterocycles. The molecule has 0 N–H and O–H groups in total. The zero-order chi connectivity index (χ0) is 21.0. The van der Waals surface area contributed by atoms with Crippen LogP contribution in [-0.2, 0) is 21.6 Å². The van der Waals surface area contributed by atoms with E-state index in [0.717, 1.165) is 13.1 Å². The summed E-state index contributed by atoms with van der Waals surface area (Å²) in [6.07, 6.45) is 12.8. The fourth-order valence-electron chi connectivity index (χ4n) is 5.61. The molecule has 30 heavy (non-hydrogen) atoms. The van der Waals surface area contributed by atoms with Gasteiger partial charge in [0.25, 0.3) is 0 Å². The molecule has 162 valence electrons. The van der Waals surface area contributed by atoms with Gasteiger partial charge in [0.05, 0.1) is 8.65 Å². The standard InChI is InChI=1S/C27H35Br2N/c1-30(21-22-11-3-2-4-12-22)20-10-13-23-24(26(28)16-5-6-17-26)14-9-15-25(23)27(29)18-7-8-19-27/h2-4,9,11-12,14-15H,5-8,10,13,16-21H2,1H3. The van der Waals surface area contributed by atoms with Crippen molar-refractivity contribution in [3.8, 4) is 0 Å². The number of hydrogen-bond acceptors (Lipinski definition) is 1. The third-order valence-electron chi connectivity index (χ3n) is 7.20. The highest BCUT2D eigenvalue weighted by molar-refractivity contribution is 9.10. The Balaban J connectivity index is 1.52. The highest BCUT2D eigenvalue weighted by Gasteiger charge is 2.39. The number of benzene rings is 2. The van der Waals surface area contributed by atoms with E-state index in [1.807, 2.05) is 0 Å². The van der Waals surface area contributed by atoms with E-state index in [2.05, 4.69) is 92.3 Å². The van der Waals surface area contributed by atoms with Gasteiger partial charge in [0, 0.05) is 6.54 Å². The summed E-state index contributed by atoms with van der Waals surface area (Å²) in [5.41, 5.74) is 6.18. The van der Waals surface area contributed by atoms with E-state index in [1.54, 1.807) is 16.7 Å². The van der Waals surface area contributed by atoms with Gasteiger partial charge in [-0.2, -0.15) is 0 Å². The fraction of sp³-hybridized carbons (Fsp3) is 0.556. The number of rotatable bonds is 8. The lowest BCUT2D eigenvalue weighted by atomic mass is 9.83. The molecule has 0 unspecified atom stereocenters. The minimum Gasteiger partial charge on any atom is -0.302 e. The largest absolute Gasteiger partial charge is 0.302 e. The van der Waals surface area contributed by atoms with Crippen LogP contribution in [0.15, 0.2) is 48.5 Å². The first-order valence-electron chi connectivity index (χ1n) is 11.7. The van der Waals surface area contributed by atoms with Crippen molar-refractivity contribution in [2.75, 3.05) is 13.6 Å². The van der Waals surface area contributed by atoms with Gasteiger partial charge in [-0.25, -0.2) is 0 Å². The Labute approximate surface area is 199 Å². The van der Waals surface area contributed by atoms with Crippen molar-refractivity contribution >= 4 is 31.9 Å². The molecule has 2 aliphatic rings. The van der Waals surface area contributed by atoms with Gasteiger partial charge in [0.15, 0.2) is 0 Å². The molecule has 2 saturated carbocycles. The van der Waals surface area contributed by atoms with Crippen molar-refractivity contribution in [1.29, 1.82) is 0 Å². The maximum Gasteiger partial charge on any atom is 0.0508 e. The minimum atomic E-state index is 0.191. The van der Waals surface area contributed by atoms with Crippen LogP contribution in [0.5, 0.6) is 0 Å². The number of halogens is 2. The second-order valence-electron chi connectivity index (χ2n) is 9.50. The zero-order valence-corrected chi connectivity index (χ0v) is 21.5. The van der Waals surface area contributed by atoms with Gasteiger partial charge in [-0.05, 0) is 74.4 Å². The Morgan fingerprint density at radius 3 is 1.83 bits per heavy atom. The number of nitrogens with zero attached hydrogens (tertiary/aromatic N) is 1. The predicted octanol–water partition coefficient (Wildman–Crippen LogP) is 8.08. The quantitative estimate of drug-likeness (QED) is 0.310. The van der Waals surface area contributed by atoms with Crippen molar-refractivity contribution < 1.29 is 0 Å². The minimum absolute atomic E-state index is 0.191. The molecule has 2 aromatic rings. The van der Waals surface area contributed by atoms with Crippen molar-refractivity contribution in [2.45, 2.75) is 79.4 Å². The van der Waals surface area contributed by atoms with E-state index in [1.165, 1.54) is 69.8 Å². The molecule has 0 atom stereocenters. The van der Waals surface area contributed by atoms with E-state index in [9.17, 15) is 0 Å². The molecule has 0 aliphatic heterocycles. The Morgan fingerprint density at radius 1 is 0.767 bits per heavy atom. The van der Waals surface area contributed by atoms with Gasteiger partial charge in [-0.1, -0.05) is 106 Å². The van der Waals surface area contributed by atoms with E-state index >= 15 is 0 Å². The summed E-state index contributed by atoms with van der Waals surface area (Å²) in [6.45, 7) is 2.16. The van der Waals surface area contributed by atoms with Crippen LogP contribution in [0, 0.1) is 0 Å². The van der Waals surface area contributed by atoms with Gasteiger partial charge in [-0.3, -0.25) is 0 Å². The summed E-state index contributed by atoms with van der Waals surface area (Å²) < 4.78 is 0.381. The smallest absolute Gasteiger partial charge is 0.0508 e. The average molecular weight is 533 g/mol. The molecule has 2 fully saturated rings. The van der Waals surface area contributed by atoms with E-state index in [0.29, 0.717) is 0 Å². The third-order valence-corrected chi connectivity index (χ3v) is 9.64. The summed E-state index contributed by atoms with van der Waals surface area (Å²) in [5, 5.41) is 0. The molecule has 1 nitrogen and oxygen atoms in total. The van der Waals surface area contributed by atoms with Gasteiger partial charge < -0.3 is 4.90 Å². The number of alkyl halides is 2. The summed E-state index contributed by atoms with van der Waals surface area (Å²) in [6, 6.07) is 18.0. The summed E-state index contributed by atoms with van der Waals surface area (Å²) in [5.74, 6) is 0. The van der Waals surface area contributed by atoms with Crippen molar-refractivity contribution in [3.05, 3.63) is 70.8 Å². The molecule has 0 radical (unpaired) electrons. The maximum absolute atomic E-state index is 4.20. The van der Waals surface area contributed by atoms with Crippen LogP contribution < -0.4 is 0 Å². The Kier molecular flexibility index (Phi) is 7.42. The van der Waals surface area contributed by atoms with E-state index in [4.69, 9.17) is 0 Å². The average Bonchev–Trinajstić information content (AvgIpc) is 3.39. The molecule has 2 aliphatic carbocycles. The molecule has 4 rings (SSSR count). The van der Waals surface area contributed by atoms with Crippen molar-refractivity contribution in [1.82, 2.24) is 4.90 Å². The summed E-state index contributed by atoms with van der Waals surface area (Å²) >= 11 is 8.41. The van der Waals surface area contributed by atoms with Crippen LogP contribution in [0.2, 0.25) is 0 Å². The van der Waals surface area contributed by atoms with Gasteiger partial charge in [0.1, 0.15) is 0 Å². The first kappa shape index (κ1) is 22.6. The zero-order valence-electron chi connectivity index (χ0n) is 18.3. The Bertz CT molecular complexity index is 780. The van der Waals surface area contributed by atoms with Crippen LogP contribution >= 0.6 is 31.9 Å². The summed E-state index contributed by atoms with van der Waals surface area (Å²) in [4.78, 5) is 2.47. The number of hydrogen-bond donors (Lipinski definition) is 0. The molecule has 0 heterocycles. The highest BCUT2D eigenvalue weighted by atomic mass is 79.9. The van der Waals surface area contributed by atoms with Crippen molar-refractivity contribution in [3.63, 3.8) is 0 Å². The van der Waals surface area contributed by atoms with Crippen LogP contribution in [0.1, 0.15) is 80.0 Å². The first-order valence-corrected chi connectivity index (χ1v) is 13.3. The van der Waals surface area contributed by atoms with E-state index < -0.39 is 0 Å². The maximum atomic E-state index is 4.20. The van der Waals surface area contributed by atoms with Gasteiger partial charge in [-0.15, -0.1) is 0 Å². The Hall–Kier alpha value is -0.640. The first-order chi connectivity index (χ1) is 14.5. The molecular weight excluding hydrogens is 498 g/mol. The Morgan fingerprint density at radius 2 is 1.30 bits per heavy atom. The van der Waals surface area contributed by atoms with Crippen LogP contribution in [0.3, 0.4) is 0 Å². The lowest BCUT2D eigenvalue weighted by Crippen LogP contribution is -2.23. The van der Waals surface area contributed by atoms with Crippen molar-refractivity contribution in [2.24, 2.45) is 0 Å². The lowest BCUT2D eigenvalue weighted by Gasteiger charge is -2.32. The summed E-state index contributed by atoms with van der Waals surface area (Å²) in [7, 11) is 2.26. The molecular formula is C27H35Br2N. The molecule has 3 heteroatoms. The second-order valence-corrected chi connectivity index (χ2v) is 12.5. The fourth-order valence-corrected chi connectivity index (χ4v) is 7.47.